The molecule has 0 aliphatic heterocycles. The van der Waals surface area contributed by atoms with Crippen molar-refractivity contribution in [2.24, 2.45) is 0 Å². The van der Waals surface area contributed by atoms with Gasteiger partial charge in [-0.25, -0.2) is 0 Å². The highest BCUT2D eigenvalue weighted by molar-refractivity contribution is 14.1. The van der Waals surface area contributed by atoms with Crippen LogP contribution >= 0.6 is 67.8 Å². The smallest absolute Gasteiger partial charge is 0.255 e. The van der Waals surface area contributed by atoms with Gasteiger partial charge >= 0.3 is 0 Å². The number of rotatable bonds is 11. The van der Waals surface area contributed by atoms with E-state index >= 15 is 0 Å². The Hall–Kier alpha value is -0.380. The summed E-state index contributed by atoms with van der Waals surface area (Å²) in [6, 6.07) is 0. The van der Waals surface area contributed by atoms with Gasteiger partial charge in [0.25, 0.3) is 11.8 Å². The van der Waals surface area contributed by atoms with Crippen molar-refractivity contribution in [2.45, 2.75) is 12.2 Å². The van der Waals surface area contributed by atoms with Gasteiger partial charge in [0.1, 0.15) is 6.61 Å². The van der Waals surface area contributed by atoms with E-state index in [1.807, 2.05) is 67.8 Å². The molecule has 0 aliphatic rings. The quantitative estimate of drug-likeness (QED) is 0.165. The van der Waals surface area contributed by atoms with Crippen molar-refractivity contribution >= 4 is 91.2 Å². The topological polar surface area (TPSA) is 169 Å². The average molecular weight is 791 g/mol. The highest BCUT2D eigenvalue weighted by Gasteiger charge is 2.30. The van der Waals surface area contributed by atoms with Gasteiger partial charge in [-0.2, -0.15) is 0 Å². The summed E-state index contributed by atoms with van der Waals surface area (Å²) in [6.07, 6.45) is -2.31. The van der Waals surface area contributed by atoms with Gasteiger partial charge in [0.2, 0.25) is 5.91 Å². The molecule has 1 aromatic rings. The van der Waals surface area contributed by atoms with E-state index in [0.717, 1.165) is 0 Å². The van der Waals surface area contributed by atoms with Crippen molar-refractivity contribution < 1.29 is 39.5 Å². The van der Waals surface area contributed by atoms with Crippen LogP contribution in [-0.4, -0.2) is 102 Å². The second kappa shape index (κ2) is 14.1. The molecule has 0 unspecified atom stereocenters. The van der Waals surface area contributed by atoms with Crippen LogP contribution in [0.1, 0.15) is 20.7 Å². The Morgan fingerprint density at radius 2 is 1.56 bits per heavy atom. The van der Waals surface area contributed by atoms with E-state index < -0.39 is 43.1 Å². The number of halogens is 3. The number of carbonyl (C=O) groups is 3. The van der Waals surface area contributed by atoms with E-state index in [1.165, 1.54) is 19.1 Å². The molecule has 0 saturated carbocycles. The minimum atomic E-state index is -1.16. The number of methoxy groups -OCH3 is 1. The first kappa shape index (κ1) is 29.7. The van der Waals surface area contributed by atoms with E-state index in [1.54, 1.807) is 0 Å². The van der Waals surface area contributed by atoms with Crippen LogP contribution in [0.2, 0.25) is 0 Å². The molecule has 0 heterocycles. The fourth-order valence-electron chi connectivity index (χ4n) is 2.48. The van der Waals surface area contributed by atoms with Gasteiger partial charge in [-0.15, -0.1) is 0 Å². The second-order valence-corrected chi connectivity index (χ2v) is 9.85. The van der Waals surface area contributed by atoms with E-state index in [-0.39, 0.29) is 36.5 Å². The largest absolute Gasteiger partial charge is 0.394 e. The summed E-state index contributed by atoms with van der Waals surface area (Å²) < 4.78 is 5.87. The number of aliphatic hydroxyl groups is 4. The summed E-state index contributed by atoms with van der Waals surface area (Å²) in [4.78, 5) is 39.5. The van der Waals surface area contributed by atoms with Crippen molar-refractivity contribution in [1.82, 2.24) is 10.2 Å². The molecule has 11 nitrogen and oxygen atoms in total. The van der Waals surface area contributed by atoms with Gasteiger partial charge in [0.05, 0.1) is 49.4 Å². The highest BCUT2D eigenvalue weighted by atomic mass is 127. The Labute approximate surface area is 225 Å². The average Bonchev–Trinajstić information content (AvgIpc) is 2.74. The molecular weight excluding hydrogens is 767 g/mol. The molecule has 0 bridgehead atoms. The fourth-order valence-corrected chi connectivity index (χ4v) is 6.87. The first-order valence-electron chi connectivity index (χ1n) is 9.10. The Morgan fingerprint density at radius 3 is 2.09 bits per heavy atom. The van der Waals surface area contributed by atoms with Crippen molar-refractivity contribution in [1.29, 1.82) is 0 Å². The second-order valence-electron chi connectivity index (χ2n) is 6.62. The lowest BCUT2D eigenvalue weighted by atomic mass is 10.1. The maximum absolute atomic E-state index is 13.2. The maximum atomic E-state index is 13.2. The van der Waals surface area contributed by atoms with Gasteiger partial charge in [-0.3, -0.25) is 14.4 Å². The summed E-state index contributed by atoms with van der Waals surface area (Å²) in [7, 11) is 2.79. The third-order valence-electron chi connectivity index (χ3n) is 4.05. The number of hydrogen-bond acceptors (Lipinski definition) is 8. The van der Waals surface area contributed by atoms with Gasteiger partial charge in [0, 0.05) is 30.8 Å². The monoisotopic (exact) mass is 791 g/mol. The van der Waals surface area contributed by atoms with Crippen molar-refractivity contribution in [3.63, 3.8) is 0 Å². The molecule has 0 aliphatic carbocycles. The summed E-state index contributed by atoms with van der Waals surface area (Å²) >= 11 is 5.63. The predicted molar refractivity (Wildman–Crippen MR) is 141 cm³/mol. The molecule has 1 aromatic carbocycles. The van der Waals surface area contributed by atoms with E-state index in [9.17, 15) is 24.6 Å². The molecule has 0 aromatic heterocycles. The molecule has 0 fully saturated rings. The first-order chi connectivity index (χ1) is 15.0. The van der Waals surface area contributed by atoms with Crippen LogP contribution in [0.3, 0.4) is 0 Å². The zero-order chi connectivity index (χ0) is 24.6. The first-order valence-corrected chi connectivity index (χ1v) is 12.3. The van der Waals surface area contributed by atoms with Crippen LogP contribution in [0, 0.1) is 10.7 Å². The fraction of sp³-hybridized carbons (Fsp3) is 0.500. The lowest BCUT2D eigenvalue weighted by Crippen LogP contribution is -2.38. The molecule has 6 N–H and O–H groups in total. The highest BCUT2D eigenvalue weighted by Crippen LogP contribution is 2.36. The summed E-state index contributed by atoms with van der Waals surface area (Å²) in [6.45, 7) is -1.68. The number of carbonyl (C=O) groups excluding carboxylic acids is 3. The predicted octanol–water partition coefficient (Wildman–Crippen LogP) is -0.407. The van der Waals surface area contributed by atoms with Gasteiger partial charge < -0.3 is 40.7 Å². The van der Waals surface area contributed by atoms with Crippen LogP contribution in [0.4, 0.5) is 5.69 Å². The van der Waals surface area contributed by atoms with Crippen LogP contribution in [0.15, 0.2) is 0 Å². The van der Waals surface area contributed by atoms with Gasteiger partial charge in [-0.1, -0.05) is 0 Å². The molecule has 1 rings (SSSR count). The summed E-state index contributed by atoms with van der Waals surface area (Å²) in [5.41, 5.74) is 0.463. The summed E-state index contributed by atoms with van der Waals surface area (Å²) in [5.74, 6) is -1.64. The molecule has 0 radical (unpaired) electrons. The lowest BCUT2D eigenvalue weighted by molar-refractivity contribution is -0.119. The third-order valence-corrected chi connectivity index (χ3v) is 7.29. The van der Waals surface area contributed by atoms with Crippen LogP contribution in [-0.2, 0) is 9.53 Å². The Balaban J connectivity index is 3.57. The van der Waals surface area contributed by atoms with E-state index in [2.05, 4.69) is 10.6 Å². The zero-order valence-corrected chi connectivity index (χ0v) is 23.7. The number of ether oxygens (including phenoxy) is 1. The Kier molecular flexibility index (Phi) is 13.1. The number of likely N-dealkylation sites (N-methyl/N-ethyl adjacent to an activating group) is 1. The molecule has 0 spiro atoms. The number of benzene rings is 1. The standard InChI is InChI=1S/C18H24I3N3O8/c1-24(4-9(28)6-26)18(31)12-13(19)11(17(30)22-3-8(27)5-25)14(20)16(15(12)21)23-10(29)7-32-2/h8-9,25-28H,3-7H2,1-2H3,(H,22,30)(H,23,29)/t8-,9+/m0/s1. The number of aliphatic hydroxyl groups excluding tert-OH is 4. The molecule has 3 amide bonds. The van der Waals surface area contributed by atoms with Gasteiger partial charge in [-0.05, 0) is 67.8 Å². The van der Waals surface area contributed by atoms with Crippen LogP contribution in [0.5, 0.6) is 0 Å². The number of amides is 3. The molecule has 0 saturated heterocycles. The third kappa shape index (κ3) is 7.84. The van der Waals surface area contributed by atoms with Crippen molar-refractivity contribution in [2.75, 3.05) is 52.4 Å². The molecule has 180 valence electrons. The van der Waals surface area contributed by atoms with Crippen molar-refractivity contribution in [3.05, 3.63) is 21.8 Å². The van der Waals surface area contributed by atoms with E-state index in [0.29, 0.717) is 10.7 Å². The maximum Gasteiger partial charge on any atom is 0.255 e. The molecule has 32 heavy (non-hydrogen) atoms. The normalized spacial score (nSPS) is 12.8. The molecule has 2 atom stereocenters. The summed E-state index contributed by atoms with van der Waals surface area (Å²) in [5, 5.41) is 42.4. The SMILES string of the molecule is COCC(=O)Nc1c(I)c(C(=O)NC[C@H](O)CO)c(I)c(C(=O)N(C)C[C@@H](O)CO)c1I. The van der Waals surface area contributed by atoms with Crippen LogP contribution in [0.25, 0.3) is 0 Å². The van der Waals surface area contributed by atoms with E-state index in [4.69, 9.17) is 14.9 Å². The molecular formula is C18H24I3N3O8. The number of nitrogens with zero attached hydrogens (tertiary/aromatic N) is 1. The Bertz CT molecular complexity index is 855. The number of hydrogen-bond donors (Lipinski definition) is 6. The zero-order valence-electron chi connectivity index (χ0n) is 17.2. The number of anilines is 1. The minimum Gasteiger partial charge on any atom is -0.394 e. The Morgan fingerprint density at radius 1 is 1.00 bits per heavy atom. The van der Waals surface area contributed by atoms with Gasteiger partial charge in [0.15, 0.2) is 0 Å². The lowest BCUT2D eigenvalue weighted by Gasteiger charge is -2.24. The van der Waals surface area contributed by atoms with Crippen molar-refractivity contribution in [3.8, 4) is 0 Å². The minimum absolute atomic E-state index is 0.101. The van der Waals surface area contributed by atoms with Crippen LogP contribution < -0.4 is 10.6 Å². The number of nitrogens with one attached hydrogen (secondary N) is 2. The molecule has 14 heteroatoms.